The number of aromatic amines is 1. The van der Waals surface area contributed by atoms with Crippen LogP contribution in [0.15, 0.2) is 30.5 Å². The number of nitrogens with one attached hydrogen (secondary N) is 2. The van der Waals surface area contributed by atoms with Gasteiger partial charge in [0.05, 0.1) is 11.9 Å². The van der Waals surface area contributed by atoms with E-state index in [0.29, 0.717) is 11.6 Å². The van der Waals surface area contributed by atoms with Gasteiger partial charge in [0.25, 0.3) is 0 Å². The number of aromatic nitrogens is 2. The zero-order valence-corrected chi connectivity index (χ0v) is 10.1. The second kappa shape index (κ2) is 4.90. The van der Waals surface area contributed by atoms with Crippen LogP contribution in [0.4, 0.5) is 4.39 Å². The van der Waals surface area contributed by atoms with Crippen LogP contribution in [-0.4, -0.2) is 22.6 Å². The van der Waals surface area contributed by atoms with Crippen molar-refractivity contribution in [2.75, 3.05) is 6.54 Å². The van der Waals surface area contributed by atoms with Crippen LogP contribution in [0.2, 0.25) is 0 Å². The highest BCUT2D eigenvalue weighted by Crippen LogP contribution is 2.21. The van der Waals surface area contributed by atoms with E-state index in [9.17, 15) is 4.39 Å². The lowest BCUT2D eigenvalue weighted by Gasteiger charge is -2.00. The molecule has 1 fully saturated rings. The molecule has 0 spiro atoms. The van der Waals surface area contributed by atoms with E-state index in [1.165, 1.54) is 18.9 Å². The van der Waals surface area contributed by atoms with Crippen molar-refractivity contribution < 1.29 is 4.39 Å². The molecular weight excluding hydrogens is 229 g/mol. The molecule has 1 heterocycles. The van der Waals surface area contributed by atoms with Gasteiger partial charge in [0.2, 0.25) is 0 Å². The largest absolute Gasteiger partial charge is 0.342 e. The highest BCUT2D eigenvalue weighted by molar-refractivity contribution is 5.59. The molecule has 0 bridgehead atoms. The van der Waals surface area contributed by atoms with E-state index in [1.54, 1.807) is 18.3 Å². The van der Waals surface area contributed by atoms with E-state index in [4.69, 9.17) is 0 Å². The Kier molecular flexibility index (Phi) is 3.11. The van der Waals surface area contributed by atoms with Crippen molar-refractivity contribution in [3.8, 4) is 11.3 Å². The second-order valence-electron chi connectivity index (χ2n) is 4.70. The number of nitrogens with zero attached hydrogens (tertiary/aromatic N) is 1. The number of benzene rings is 1. The Bertz CT molecular complexity index is 531. The molecule has 1 aliphatic rings. The van der Waals surface area contributed by atoms with Crippen LogP contribution < -0.4 is 5.32 Å². The molecule has 1 aromatic heterocycles. The Morgan fingerprint density at radius 2 is 2.17 bits per heavy atom. The van der Waals surface area contributed by atoms with Crippen LogP contribution >= 0.6 is 0 Å². The monoisotopic (exact) mass is 245 g/mol. The minimum atomic E-state index is -0.219. The average molecular weight is 245 g/mol. The number of imidazole rings is 1. The van der Waals surface area contributed by atoms with E-state index < -0.39 is 0 Å². The van der Waals surface area contributed by atoms with Crippen molar-refractivity contribution in [2.45, 2.75) is 25.3 Å². The molecule has 0 saturated heterocycles. The summed E-state index contributed by atoms with van der Waals surface area (Å²) in [4.78, 5) is 7.46. The van der Waals surface area contributed by atoms with Gasteiger partial charge in [-0.05, 0) is 25.0 Å². The molecule has 1 aromatic carbocycles. The third-order valence-electron chi connectivity index (χ3n) is 3.16. The second-order valence-corrected chi connectivity index (χ2v) is 4.70. The Morgan fingerprint density at radius 1 is 1.33 bits per heavy atom. The molecule has 0 aliphatic heterocycles. The maximum Gasteiger partial charge on any atom is 0.132 e. The van der Waals surface area contributed by atoms with Crippen LogP contribution in [0.5, 0.6) is 0 Å². The van der Waals surface area contributed by atoms with E-state index in [-0.39, 0.29) is 5.82 Å². The van der Waals surface area contributed by atoms with Crippen molar-refractivity contribution in [2.24, 2.45) is 0 Å². The van der Waals surface area contributed by atoms with Crippen LogP contribution in [0.3, 0.4) is 0 Å². The molecule has 2 N–H and O–H groups in total. The molecule has 0 radical (unpaired) electrons. The van der Waals surface area contributed by atoms with Crippen LogP contribution in [-0.2, 0) is 6.42 Å². The topological polar surface area (TPSA) is 40.7 Å². The van der Waals surface area contributed by atoms with Gasteiger partial charge < -0.3 is 10.3 Å². The number of rotatable bonds is 5. The van der Waals surface area contributed by atoms with Crippen molar-refractivity contribution in [3.63, 3.8) is 0 Å². The lowest BCUT2D eigenvalue weighted by Crippen LogP contribution is -2.19. The summed E-state index contributed by atoms with van der Waals surface area (Å²) in [6.07, 6.45) is 5.13. The summed E-state index contributed by atoms with van der Waals surface area (Å²) < 4.78 is 13.6. The number of halogens is 1. The zero-order valence-electron chi connectivity index (χ0n) is 10.1. The predicted octanol–water partition coefficient (Wildman–Crippen LogP) is 2.51. The van der Waals surface area contributed by atoms with Crippen LogP contribution in [0, 0.1) is 5.82 Å². The Morgan fingerprint density at radius 3 is 2.94 bits per heavy atom. The third-order valence-corrected chi connectivity index (χ3v) is 3.16. The van der Waals surface area contributed by atoms with Gasteiger partial charge in [-0.1, -0.05) is 12.1 Å². The Balaban J connectivity index is 1.66. The van der Waals surface area contributed by atoms with E-state index in [2.05, 4.69) is 15.3 Å². The first-order valence-corrected chi connectivity index (χ1v) is 6.35. The lowest BCUT2D eigenvalue weighted by molar-refractivity contribution is 0.630. The van der Waals surface area contributed by atoms with E-state index in [0.717, 1.165) is 24.5 Å². The van der Waals surface area contributed by atoms with Gasteiger partial charge in [-0.3, -0.25) is 0 Å². The molecule has 1 aliphatic carbocycles. The number of hydrogen-bond donors (Lipinski definition) is 2. The van der Waals surface area contributed by atoms with Gasteiger partial charge in [0.15, 0.2) is 0 Å². The summed E-state index contributed by atoms with van der Waals surface area (Å²) in [5, 5.41) is 3.43. The van der Waals surface area contributed by atoms with Gasteiger partial charge in [-0.2, -0.15) is 0 Å². The molecule has 0 unspecified atom stereocenters. The fourth-order valence-corrected chi connectivity index (χ4v) is 1.99. The predicted molar refractivity (Wildman–Crippen MR) is 68.7 cm³/mol. The molecule has 1 saturated carbocycles. The first-order valence-electron chi connectivity index (χ1n) is 6.35. The van der Waals surface area contributed by atoms with Crippen LogP contribution in [0.25, 0.3) is 11.3 Å². The van der Waals surface area contributed by atoms with E-state index in [1.807, 2.05) is 6.07 Å². The molecule has 0 amide bonds. The molecule has 3 rings (SSSR count). The molecule has 18 heavy (non-hydrogen) atoms. The molecule has 4 heteroatoms. The fraction of sp³-hybridized carbons (Fsp3) is 0.357. The first-order chi connectivity index (χ1) is 8.83. The maximum absolute atomic E-state index is 13.6. The van der Waals surface area contributed by atoms with Crippen molar-refractivity contribution in [1.29, 1.82) is 0 Å². The summed E-state index contributed by atoms with van der Waals surface area (Å²) in [5.41, 5.74) is 1.32. The quantitative estimate of drug-likeness (QED) is 0.849. The molecular formula is C14H16FN3. The molecule has 94 valence electrons. The third kappa shape index (κ3) is 2.59. The van der Waals surface area contributed by atoms with Crippen LogP contribution in [0.1, 0.15) is 18.7 Å². The summed E-state index contributed by atoms with van der Waals surface area (Å²) >= 11 is 0. The van der Waals surface area contributed by atoms with Gasteiger partial charge in [-0.25, -0.2) is 9.37 Å². The summed E-state index contributed by atoms with van der Waals surface area (Å²) in [6.45, 7) is 0.925. The summed E-state index contributed by atoms with van der Waals surface area (Å²) in [6, 6.07) is 7.45. The Labute approximate surface area is 105 Å². The Hall–Kier alpha value is -1.68. The SMILES string of the molecule is Fc1ccccc1-c1cnc(CCNC2CC2)[nH]1. The highest BCUT2D eigenvalue weighted by Gasteiger charge is 2.19. The minimum absolute atomic E-state index is 0.219. The normalized spacial score (nSPS) is 14.9. The average Bonchev–Trinajstić information content (AvgIpc) is 3.08. The van der Waals surface area contributed by atoms with Crippen molar-refractivity contribution >= 4 is 0 Å². The standard InChI is InChI=1S/C14H16FN3/c15-12-4-2-1-3-11(12)13-9-17-14(18-13)7-8-16-10-5-6-10/h1-4,9-10,16H,5-8H2,(H,17,18). The fourth-order valence-electron chi connectivity index (χ4n) is 1.99. The maximum atomic E-state index is 13.6. The van der Waals surface area contributed by atoms with Crippen molar-refractivity contribution in [1.82, 2.24) is 15.3 Å². The van der Waals surface area contributed by atoms with Gasteiger partial charge in [-0.15, -0.1) is 0 Å². The zero-order chi connectivity index (χ0) is 12.4. The summed E-state index contributed by atoms with van der Waals surface area (Å²) in [5.74, 6) is 0.685. The van der Waals surface area contributed by atoms with Gasteiger partial charge >= 0.3 is 0 Å². The summed E-state index contributed by atoms with van der Waals surface area (Å²) in [7, 11) is 0. The molecule has 0 atom stereocenters. The molecule has 3 nitrogen and oxygen atoms in total. The molecule has 2 aromatic rings. The smallest absolute Gasteiger partial charge is 0.132 e. The van der Waals surface area contributed by atoms with Gasteiger partial charge in [0, 0.05) is 24.6 Å². The first kappa shape index (κ1) is 11.4. The minimum Gasteiger partial charge on any atom is -0.342 e. The van der Waals surface area contributed by atoms with Crippen molar-refractivity contribution in [3.05, 3.63) is 42.1 Å². The highest BCUT2D eigenvalue weighted by atomic mass is 19.1. The van der Waals surface area contributed by atoms with Gasteiger partial charge in [0.1, 0.15) is 11.6 Å². The lowest BCUT2D eigenvalue weighted by atomic mass is 10.1. The van der Waals surface area contributed by atoms with E-state index >= 15 is 0 Å². The number of hydrogen-bond acceptors (Lipinski definition) is 2. The number of H-pyrrole nitrogens is 1.